The molecule has 2 aromatic heterocycles. The minimum absolute atomic E-state index is 0.160. The molecule has 3 heterocycles. The van der Waals surface area contributed by atoms with Crippen LogP contribution in [-0.2, 0) is 6.42 Å². The molecule has 0 aliphatic carbocycles. The lowest BCUT2D eigenvalue weighted by atomic mass is 9.93. The molecule has 7 nitrogen and oxygen atoms in total. The number of fused-ring (bicyclic) bond motifs is 3. The first kappa shape index (κ1) is 19.4. The van der Waals surface area contributed by atoms with Crippen molar-refractivity contribution < 1.29 is 5.11 Å². The van der Waals surface area contributed by atoms with Crippen molar-refractivity contribution in [1.29, 1.82) is 0 Å². The second-order valence-electron chi connectivity index (χ2n) is 8.30. The summed E-state index contributed by atoms with van der Waals surface area (Å²) in [4.78, 5) is 33.5. The Labute approximate surface area is 178 Å². The number of aromatic amines is 2. The third kappa shape index (κ3) is 2.92. The molecule has 1 aliphatic rings. The Morgan fingerprint density at radius 1 is 1.03 bits per heavy atom. The smallest absolute Gasteiger partial charge is 0.335 e. The molecule has 31 heavy (non-hydrogen) atoms. The summed E-state index contributed by atoms with van der Waals surface area (Å²) in [7, 11) is 1.92. The molecule has 0 amide bonds. The number of para-hydroxylation sites is 1. The molecule has 0 saturated carbocycles. The lowest BCUT2D eigenvalue weighted by molar-refractivity contribution is 0.252. The Morgan fingerprint density at radius 3 is 2.58 bits per heavy atom. The summed E-state index contributed by atoms with van der Waals surface area (Å²) in [5.41, 5.74) is 4.51. The molecule has 2 aromatic carbocycles. The van der Waals surface area contributed by atoms with E-state index in [9.17, 15) is 14.7 Å². The normalized spacial score (nSPS) is 16.5. The highest BCUT2D eigenvalue weighted by Gasteiger charge is 2.34. The van der Waals surface area contributed by atoms with E-state index < -0.39 is 17.3 Å². The van der Waals surface area contributed by atoms with E-state index in [1.165, 1.54) is 4.57 Å². The molecule has 0 radical (unpaired) electrons. The number of aryl methyl sites for hydroxylation is 2. The van der Waals surface area contributed by atoms with E-state index in [4.69, 9.17) is 0 Å². The number of hydrogen-bond donors (Lipinski definition) is 3. The highest BCUT2D eigenvalue weighted by atomic mass is 16.3. The van der Waals surface area contributed by atoms with E-state index in [1.807, 2.05) is 56.1 Å². The van der Waals surface area contributed by atoms with Gasteiger partial charge >= 0.3 is 5.69 Å². The van der Waals surface area contributed by atoms with Crippen LogP contribution in [0.2, 0.25) is 0 Å². The number of H-pyrrole nitrogens is 2. The van der Waals surface area contributed by atoms with Crippen LogP contribution in [0.25, 0.3) is 16.6 Å². The fraction of sp³-hybridized carbons (Fsp3) is 0.250. The molecule has 1 aliphatic heterocycles. The van der Waals surface area contributed by atoms with E-state index in [-0.39, 0.29) is 11.4 Å². The molecule has 4 aromatic rings. The Bertz CT molecular complexity index is 1440. The van der Waals surface area contributed by atoms with Crippen LogP contribution in [0.3, 0.4) is 0 Å². The zero-order valence-corrected chi connectivity index (χ0v) is 17.7. The SMILES string of the molecule is Cc1ccc(-n2c(O)c([C@H]3c4[nH]c5ccccc5c4CCN3C)c(=O)[nH]c2=O)cc1C. The molecule has 0 saturated heterocycles. The Balaban J connectivity index is 1.77. The van der Waals surface area contributed by atoms with Crippen molar-refractivity contribution >= 4 is 10.9 Å². The maximum atomic E-state index is 13.0. The van der Waals surface area contributed by atoms with Crippen molar-refractivity contribution in [3.8, 4) is 11.6 Å². The molecular weight excluding hydrogens is 392 g/mol. The molecule has 0 spiro atoms. The summed E-state index contributed by atoms with van der Waals surface area (Å²) in [6.07, 6.45) is 0.835. The van der Waals surface area contributed by atoms with E-state index in [2.05, 4.69) is 16.0 Å². The summed E-state index contributed by atoms with van der Waals surface area (Å²) in [6.45, 7) is 4.65. The van der Waals surface area contributed by atoms with Crippen LogP contribution in [0.5, 0.6) is 5.88 Å². The summed E-state index contributed by atoms with van der Waals surface area (Å²) in [5, 5.41) is 12.4. The van der Waals surface area contributed by atoms with Crippen molar-refractivity contribution in [2.45, 2.75) is 26.3 Å². The van der Waals surface area contributed by atoms with Crippen LogP contribution in [0.15, 0.2) is 52.1 Å². The van der Waals surface area contributed by atoms with Gasteiger partial charge in [-0.3, -0.25) is 14.7 Å². The van der Waals surface area contributed by atoms with Crippen LogP contribution in [0, 0.1) is 13.8 Å². The second-order valence-corrected chi connectivity index (χ2v) is 8.30. The monoisotopic (exact) mass is 416 g/mol. The number of benzene rings is 2. The van der Waals surface area contributed by atoms with E-state index in [0.717, 1.165) is 46.3 Å². The van der Waals surface area contributed by atoms with Gasteiger partial charge in [0.2, 0.25) is 5.88 Å². The Hall–Kier alpha value is -3.58. The molecule has 3 N–H and O–H groups in total. The standard InChI is InChI=1S/C24H24N4O3/c1-13-8-9-15(12-14(13)2)28-23(30)19(22(29)26-24(28)31)21-20-17(10-11-27(21)3)16-6-4-5-7-18(16)25-20/h4-9,12,21,25,30H,10-11H2,1-3H3,(H,26,29,31)/t21-/m0/s1. The topological polar surface area (TPSA) is 94.1 Å². The fourth-order valence-corrected chi connectivity index (χ4v) is 4.62. The summed E-state index contributed by atoms with van der Waals surface area (Å²) in [6, 6.07) is 13.0. The largest absolute Gasteiger partial charge is 0.494 e. The average Bonchev–Trinajstić information content (AvgIpc) is 3.10. The van der Waals surface area contributed by atoms with Crippen molar-refractivity contribution in [3.63, 3.8) is 0 Å². The molecular formula is C24H24N4O3. The summed E-state index contributed by atoms with van der Waals surface area (Å²) < 4.78 is 1.17. The third-order valence-electron chi connectivity index (χ3n) is 6.42. The summed E-state index contributed by atoms with van der Waals surface area (Å²) in [5.74, 6) is -0.333. The summed E-state index contributed by atoms with van der Waals surface area (Å²) >= 11 is 0. The zero-order chi connectivity index (χ0) is 21.9. The number of aromatic hydroxyl groups is 1. The van der Waals surface area contributed by atoms with Gasteiger partial charge in [0.25, 0.3) is 5.56 Å². The van der Waals surface area contributed by atoms with Crippen LogP contribution >= 0.6 is 0 Å². The number of rotatable bonds is 2. The van der Waals surface area contributed by atoms with Gasteiger partial charge in [-0.25, -0.2) is 9.36 Å². The van der Waals surface area contributed by atoms with Crippen molar-refractivity contribution in [2.24, 2.45) is 0 Å². The molecule has 7 heteroatoms. The fourth-order valence-electron chi connectivity index (χ4n) is 4.62. The number of hydrogen-bond acceptors (Lipinski definition) is 4. The van der Waals surface area contributed by atoms with Crippen LogP contribution in [-0.4, -0.2) is 38.1 Å². The molecule has 5 rings (SSSR count). The average molecular weight is 416 g/mol. The van der Waals surface area contributed by atoms with Crippen molar-refractivity contribution in [3.05, 3.63) is 91.3 Å². The Morgan fingerprint density at radius 2 is 1.81 bits per heavy atom. The van der Waals surface area contributed by atoms with Gasteiger partial charge in [-0.15, -0.1) is 0 Å². The zero-order valence-electron chi connectivity index (χ0n) is 17.7. The van der Waals surface area contributed by atoms with E-state index in [0.29, 0.717) is 5.69 Å². The first-order chi connectivity index (χ1) is 14.9. The van der Waals surface area contributed by atoms with Gasteiger partial charge in [0.05, 0.1) is 11.7 Å². The number of nitrogens with zero attached hydrogens (tertiary/aromatic N) is 2. The maximum absolute atomic E-state index is 13.0. The minimum Gasteiger partial charge on any atom is -0.494 e. The molecule has 158 valence electrons. The lowest BCUT2D eigenvalue weighted by Crippen LogP contribution is -2.39. The van der Waals surface area contributed by atoms with E-state index >= 15 is 0 Å². The second kappa shape index (κ2) is 6.99. The van der Waals surface area contributed by atoms with Crippen molar-refractivity contribution in [1.82, 2.24) is 19.4 Å². The first-order valence-electron chi connectivity index (χ1n) is 10.3. The van der Waals surface area contributed by atoms with Crippen LogP contribution in [0.1, 0.15) is 34.0 Å². The number of likely N-dealkylation sites (N-methyl/N-ethyl adjacent to an activating group) is 1. The lowest BCUT2D eigenvalue weighted by Gasteiger charge is -2.33. The van der Waals surface area contributed by atoms with Gasteiger partial charge in [0, 0.05) is 23.1 Å². The Kier molecular flexibility index (Phi) is 4.37. The van der Waals surface area contributed by atoms with Gasteiger partial charge in [-0.05, 0) is 62.2 Å². The maximum Gasteiger partial charge on any atom is 0.335 e. The highest BCUT2D eigenvalue weighted by molar-refractivity contribution is 5.85. The number of nitrogens with one attached hydrogen (secondary N) is 2. The van der Waals surface area contributed by atoms with Gasteiger partial charge in [-0.2, -0.15) is 0 Å². The quantitative estimate of drug-likeness (QED) is 0.468. The first-order valence-corrected chi connectivity index (χ1v) is 10.3. The molecule has 0 unspecified atom stereocenters. The third-order valence-corrected chi connectivity index (χ3v) is 6.42. The van der Waals surface area contributed by atoms with Gasteiger partial charge < -0.3 is 10.1 Å². The van der Waals surface area contributed by atoms with Gasteiger partial charge in [0.1, 0.15) is 5.56 Å². The van der Waals surface area contributed by atoms with Crippen LogP contribution in [0.4, 0.5) is 0 Å². The number of aromatic nitrogens is 3. The van der Waals surface area contributed by atoms with Crippen molar-refractivity contribution in [2.75, 3.05) is 13.6 Å². The minimum atomic E-state index is -0.662. The van der Waals surface area contributed by atoms with Gasteiger partial charge in [-0.1, -0.05) is 24.3 Å². The van der Waals surface area contributed by atoms with Crippen LogP contribution < -0.4 is 11.2 Å². The molecule has 1 atom stereocenters. The highest BCUT2D eigenvalue weighted by Crippen LogP contribution is 2.39. The predicted molar refractivity (Wildman–Crippen MR) is 120 cm³/mol. The van der Waals surface area contributed by atoms with E-state index in [1.54, 1.807) is 6.07 Å². The molecule has 0 fully saturated rings. The predicted octanol–water partition coefficient (Wildman–Crippen LogP) is 2.91. The van der Waals surface area contributed by atoms with Gasteiger partial charge in [0.15, 0.2) is 0 Å². The molecule has 0 bridgehead atoms.